The van der Waals surface area contributed by atoms with E-state index in [1.54, 1.807) is 0 Å². The van der Waals surface area contributed by atoms with Crippen molar-refractivity contribution < 1.29 is 9.53 Å². The van der Waals surface area contributed by atoms with Gasteiger partial charge in [0, 0.05) is 50.1 Å². The fraction of sp³-hybridized carbons (Fsp3) is 0.778. The molecule has 0 saturated carbocycles. The third-order valence-electron chi connectivity index (χ3n) is 5.83. The van der Waals surface area contributed by atoms with Crippen molar-refractivity contribution in [3.63, 3.8) is 0 Å². The molecule has 132 valence electrons. The Balaban J connectivity index is 1.63. The van der Waals surface area contributed by atoms with Gasteiger partial charge in [-0.05, 0) is 34.2 Å². The van der Waals surface area contributed by atoms with E-state index in [2.05, 4.69) is 30.7 Å². The fourth-order valence-corrected chi connectivity index (χ4v) is 4.88. The van der Waals surface area contributed by atoms with Crippen LogP contribution in [0.1, 0.15) is 55.0 Å². The standard InChI is InChI=1S/C18H28N4O2/c1-5-22-16(14-8-12(2)24-13(3)15(14)19-22)17(23)21-7-6-18(11-21)9-20(4)10-18/h12-13H,5-11H2,1-4H3/t12-,13+/m0/s1. The molecule has 3 aliphatic heterocycles. The van der Waals surface area contributed by atoms with Crippen molar-refractivity contribution >= 4 is 5.91 Å². The van der Waals surface area contributed by atoms with E-state index in [0.29, 0.717) is 5.41 Å². The maximum atomic E-state index is 13.3. The molecule has 1 amide bonds. The molecule has 0 N–H and O–H groups in total. The molecule has 0 aliphatic carbocycles. The number of aromatic nitrogens is 2. The summed E-state index contributed by atoms with van der Waals surface area (Å²) in [6, 6.07) is 0. The number of fused-ring (bicyclic) bond motifs is 1. The molecule has 0 unspecified atom stereocenters. The highest BCUT2D eigenvalue weighted by atomic mass is 16.5. The smallest absolute Gasteiger partial charge is 0.272 e. The van der Waals surface area contributed by atoms with Gasteiger partial charge in [-0.15, -0.1) is 0 Å². The Hall–Kier alpha value is -1.40. The van der Waals surface area contributed by atoms with Crippen molar-refractivity contribution in [1.82, 2.24) is 19.6 Å². The number of likely N-dealkylation sites (tertiary alicyclic amines) is 2. The van der Waals surface area contributed by atoms with Gasteiger partial charge < -0.3 is 14.5 Å². The van der Waals surface area contributed by atoms with Crippen molar-refractivity contribution in [1.29, 1.82) is 0 Å². The zero-order valence-corrected chi connectivity index (χ0v) is 15.2. The predicted octanol–water partition coefficient (Wildman–Crippen LogP) is 1.70. The Morgan fingerprint density at radius 3 is 2.75 bits per heavy atom. The first-order valence-corrected chi connectivity index (χ1v) is 9.15. The maximum absolute atomic E-state index is 13.3. The van der Waals surface area contributed by atoms with Crippen molar-refractivity contribution in [3.05, 3.63) is 17.0 Å². The first-order chi connectivity index (χ1) is 11.4. The second-order valence-electron chi connectivity index (χ2n) is 7.97. The minimum absolute atomic E-state index is 0.0340. The molecule has 1 aromatic rings. The van der Waals surface area contributed by atoms with Gasteiger partial charge in [0.1, 0.15) is 5.69 Å². The number of nitrogens with zero attached hydrogens (tertiary/aromatic N) is 4. The summed E-state index contributed by atoms with van der Waals surface area (Å²) in [6.45, 7) is 10.9. The Labute approximate surface area is 143 Å². The zero-order chi connectivity index (χ0) is 17.1. The van der Waals surface area contributed by atoms with E-state index >= 15 is 0 Å². The largest absolute Gasteiger partial charge is 0.369 e. The van der Waals surface area contributed by atoms with Gasteiger partial charge in [-0.1, -0.05) is 0 Å². The topological polar surface area (TPSA) is 50.6 Å². The van der Waals surface area contributed by atoms with Crippen LogP contribution in [0.5, 0.6) is 0 Å². The number of ether oxygens (including phenoxy) is 1. The molecule has 2 atom stereocenters. The van der Waals surface area contributed by atoms with Crippen molar-refractivity contribution in [2.24, 2.45) is 5.41 Å². The third kappa shape index (κ3) is 2.39. The van der Waals surface area contributed by atoms with Crippen LogP contribution in [0.15, 0.2) is 0 Å². The Morgan fingerprint density at radius 1 is 1.33 bits per heavy atom. The summed E-state index contributed by atoms with van der Waals surface area (Å²) < 4.78 is 7.79. The Morgan fingerprint density at radius 2 is 2.08 bits per heavy atom. The van der Waals surface area contributed by atoms with Gasteiger partial charge in [-0.2, -0.15) is 5.10 Å². The van der Waals surface area contributed by atoms with Crippen LogP contribution in [0.25, 0.3) is 0 Å². The van der Waals surface area contributed by atoms with Crippen LogP contribution in [0.3, 0.4) is 0 Å². The second kappa shape index (κ2) is 5.56. The normalized spacial score (nSPS) is 28.9. The lowest BCUT2D eigenvalue weighted by atomic mass is 9.79. The molecule has 0 bridgehead atoms. The molecule has 24 heavy (non-hydrogen) atoms. The van der Waals surface area contributed by atoms with Gasteiger partial charge >= 0.3 is 0 Å². The molecule has 3 aliphatic rings. The van der Waals surface area contributed by atoms with E-state index in [4.69, 9.17) is 9.84 Å². The minimum Gasteiger partial charge on any atom is -0.369 e. The van der Waals surface area contributed by atoms with Gasteiger partial charge in [0.15, 0.2) is 0 Å². The van der Waals surface area contributed by atoms with Gasteiger partial charge in [0.05, 0.1) is 17.9 Å². The number of hydrogen-bond acceptors (Lipinski definition) is 4. The summed E-state index contributed by atoms with van der Waals surface area (Å²) in [5.41, 5.74) is 3.21. The molecule has 1 spiro atoms. The van der Waals surface area contributed by atoms with Gasteiger partial charge in [-0.25, -0.2) is 0 Å². The summed E-state index contributed by atoms with van der Waals surface area (Å²) >= 11 is 0. The van der Waals surface area contributed by atoms with Crippen LogP contribution < -0.4 is 0 Å². The highest BCUT2D eigenvalue weighted by molar-refractivity contribution is 5.94. The molecule has 1 aromatic heterocycles. The van der Waals surface area contributed by atoms with E-state index in [1.807, 2.05) is 11.6 Å². The molecule has 4 heterocycles. The van der Waals surface area contributed by atoms with Crippen molar-refractivity contribution in [2.75, 3.05) is 33.2 Å². The van der Waals surface area contributed by atoms with Crippen LogP contribution in [0, 0.1) is 5.41 Å². The Bertz CT molecular complexity index is 662. The fourth-order valence-electron chi connectivity index (χ4n) is 4.88. The number of carbonyl (C=O) groups is 1. The van der Waals surface area contributed by atoms with E-state index in [-0.39, 0.29) is 18.1 Å². The number of hydrogen-bond donors (Lipinski definition) is 0. The summed E-state index contributed by atoms with van der Waals surface area (Å²) in [4.78, 5) is 17.7. The van der Waals surface area contributed by atoms with E-state index < -0.39 is 0 Å². The third-order valence-corrected chi connectivity index (χ3v) is 5.83. The van der Waals surface area contributed by atoms with Gasteiger partial charge in [-0.3, -0.25) is 9.48 Å². The second-order valence-corrected chi connectivity index (χ2v) is 7.97. The van der Waals surface area contributed by atoms with Crippen molar-refractivity contribution in [3.8, 4) is 0 Å². The van der Waals surface area contributed by atoms with Crippen LogP contribution in [0.4, 0.5) is 0 Å². The van der Waals surface area contributed by atoms with Crippen LogP contribution in [-0.4, -0.2) is 64.8 Å². The maximum Gasteiger partial charge on any atom is 0.272 e. The highest BCUT2D eigenvalue weighted by Gasteiger charge is 2.48. The van der Waals surface area contributed by atoms with Crippen LogP contribution >= 0.6 is 0 Å². The lowest BCUT2D eigenvalue weighted by Crippen LogP contribution is -2.55. The lowest BCUT2D eigenvalue weighted by Gasteiger charge is -2.46. The van der Waals surface area contributed by atoms with Gasteiger partial charge in [0.25, 0.3) is 5.91 Å². The molecule has 2 fully saturated rings. The molecule has 2 saturated heterocycles. The summed E-state index contributed by atoms with van der Waals surface area (Å²) in [5, 5.41) is 4.70. The number of rotatable bonds is 2. The summed E-state index contributed by atoms with van der Waals surface area (Å²) in [5.74, 6) is 0.165. The molecule has 0 aromatic carbocycles. The molecular weight excluding hydrogens is 304 g/mol. The molecule has 6 heteroatoms. The van der Waals surface area contributed by atoms with E-state index in [9.17, 15) is 4.79 Å². The SMILES string of the molecule is CCn1nc2c(c1C(=O)N1CCC3(CN(C)C3)C1)C[C@H](C)O[C@@H]2C. The van der Waals surface area contributed by atoms with E-state index in [1.165, 1.54) is 0 Å². The first-order valence-electron chi connectivity index (χ1n) is 9.15. The molecule has 6 nitrogen and oxygen atoms in total. The quantitative estimate of drug-likeness (QED) is 0.827. The van der Waals surface area contributed by atoms with Crippen LogP contribution in [-0.2, 0) is 17.7 Å². The van der Waals surface area contributed by atoms with Gasteiger partial charge in [0.2, 0.25) is 0 Å². The molecule has 4 rings (SSSR count). The highest BCUT2D eigenvalue weighted by Crippen LogP contribution is 2.40. The average molecular weight is 332 g/mol. The predicted molar refractivity (Wildman–Crippen MR) is 91.0 cm³/mol. The zero-order valence-electron chi connectivity index (χ0n) is 15.2. The first kappa shape index (κ1) is 16.1. The van der Waals surface area contributed by atoms with Crippen molar-refractivity contribution in [2.45, 2.75) is 52.4 Å². The monoisotopic (exact) mass is 332 g/mol. The average Bonchev–Trinajstić information content (AvgIpc) is 3.08. The molecule has 0 radical (unpaired) electrons. The number of amides is 1. The van der Waals surface area contributed by atoms with E-state index in [0.717, 1.165) is 62.5 Å². The summed E-state index contributed by atoms with van der Waals surface area (Å²) in [6.07, 6.45) is 2.01. The summed E-state index contributed by atoms with van der Waals surface area (Å²) in [7, 11) is 2.15. The minimum atomic E-state index is -0.0340. The number of aryl methyl sites for hydroxylation is 1. The lowest BCUT2D eigenvalue weighted by molar-refractivity contribution is -0.00718. The molecular formula is C18H28N4O2. The number of carbonyl (C=O) groups excluding carboxylic acids is 1. The Kier molecular flexibility index (Phi) is 3.73. The van der Waals surface area contributed by atoms with Crippen LogP contribution in [0.2, 0.25) is 0 Å².